The van der Waals surface area contributed by atoms with Crippen LogP contribution in [0.25, 0.3) is 0 Å². The predicted molar refractivity (Wildman–Crippen MR) is 63.3 cm³/mol. The largest absolute Gasteiger partial charge is 0.488 e. The molecule has 3 nitrogen and oxygen atoms in total. The van der Waals surface area contributed by atoms with E-state index in [0.717, 1.165) is 12.0 Å². The molecule has 0 heterocycles. The number of benzene rings is 1. The highest BCUT2D eigenvalue weighted by atomic mass is 35.5. The second kappa shape index (κ2) is 5.56. The van der Waals surface area contributed by atoms with E-state index in [1.165, 1.54) is 18.2 Å². The molecule has 16 heavy (non-hydrogen) atoms. The lowest BCUT2D eigenvalue weighted by Gasteiger charge is -2.10. The van der Waals surface area contributed by atoms with Gasteiger partial charge in [0.25, 0.3) is 0 Å². The van der Waals surface area contributed by atoms with Gasteiger partial charge in [-0.25, -0.2) is 4.79 Å². The third-order valence-corrected chi connectivity index (χ3v) is 2.34. The zero-order valence-electron chi connectivity index (χ0n) is 9.00. The van der Waals surface area contributed by atoms with E-state index in [4.69, 9.17) is 21.4 Å². The Hall–Kier alpha value is -1.48. The molecule has 0 spiro atoms. The lowest BCUT2D eigenvalue weighted by molar-refractivity contribution is 0.0692. The summed E-state index contributed by atoms with van der Waals surface area (Å²) in [5.41, 5.74) is 1.00. The summed E-state index contributed by atoms with van der Waals surface area (Å²) < 4.78 is 5.37. The van der Waals surface area contributed by atoms with Gasteiger partial charge < -0.3 is 9.84 Å². The monoisotopic (exact) mass is 240 g/mol. The number of rotatable bonds is 5. The van der Waals surface area contributed by atoms with Crippen molar-refractivity contribution in [2.75, 3.05) is 6.61 Å². The molecular formula is C12H13ClO3. The Bertz CT molecular complexity index is 413. The van der Waals surface area contributed by atoms with Crippen LogP contribution in [0.15, 0.2) is 30.4 Å². The second-order valence-corrected chi connectivity index (χ2v) is 3.77. The first-order chi connectivity index (χ1) is 7.54. The highest BCUT2D eigenvalue weighted by molar-refractivity contribution is 6.30. The van der Waals surface area contributed by atoms with Crippen LogP contribution in [0, 0.1) is 0 Å². The summed E-state index contributed by atoms with van der Waals surface area (Å²) in [7, 11) is 0. The van der Waals surface area contributed by atoms with Crippen LogP contribution in [0.4, 0.5) is 0 Å². The van der Waals surface area contributed by atoms with Gasteiger partial charge in [0.05, 0.1) is 0 Å². The highest BCUT2D eigenvalue weighted by Gasteiger charge is 2.11. The average Bonchev–Trinajstić information content (AvgIpc) is 2.25. The topological polar surface area (TPSA) is 46.5 Å². The van der Waals surface area contributed by atoms with Crippen LogP contribution >= 0.6 is 11.6 Å². The molecule has 0 aromatic heterocycles. The number of carbonyl (C=O) groups is 1. The second-order valence-electron chi connectivity index (χ2n) is 3.34. The first-order valence-electron chi connectivity index (χ1n) is 4.87. The van der Waals surface area contributed by atoms with Crippen molar-refractivity contribution in [1.82, 2.24) is 0 Å². The number of aromatic carboxylic acids is 1. The molecule has 1 N–H and O–H groups in total. The predicted octanol–water partition coefficient (Wildman–Crippen LogP) is 3.38. The minimum Gasteiger partial charge on any atom is -0.488 e. The van der Waals surface area contributed by atoms with Crippen LogP contribution in [-0.4, -0.2) is 17.7 Å². The standard InChI is InChI=1S/C12H13ClO3/c1-3-8(2)7-16-11-6-9(13)4-5-10(11)12(14)15/h4-6H,2-3,7H2,1H3,(H,14,15). The summed E-state index contributed by atoms with van der Waals surface area (Å²) in [5, 5.41) is 9.38. The number of carboxylic acids is 1. The van der Waals surface area contributed by atoms with E-state index in [9.17, 15) is 4.79 Å². The molecule has 0 amide bonds. The maximum Gasteiger partial charge on any atom is 0.339 e. The third-order valence-electron chi connectivity index (χ3n) is 2.11. The summed E-state index contributed by atoms with van der Waals surface area (Å²) >= 11 is 5.78. The summed E-state index contributed by atoms with van der Waals surface area (Å²) in [6.45, 7) is 6.04. The number of hydrogen-bond acceptors (Lipinski definition) is 2. The maximum absolute atomic E-state index is 10.9. The van der Waals surface area contributed by atoms with Crippen molar-refractivity contribution in [1.29, 1.82) is 0 Å². The van der Waals surface area contributed by atoms with E-state index in [2.05, 4.69) is 6.58 Å². The van der Waals surface area contributed by atoms with Crippen molar-refractivity contribution in [3.05, 3.63) is 40.9 Å². The van der Waals surface area contributed by atoms with Gasteiger partial charge in [-0.1, -0.05) is 25.1 Å². The van der Waals surface area contributed by atoms with E-state index in [-0.39, 0.29) is 11.3 Å². The van der Waals surface area contributed by atoms with Crippen LogP contribution in [-0.2, 0) is 0 Å². The molecule has 0 radical (unpaired) electrons. The van der Waals surface area contributed by atoms with Gasteiger partial charge in [-0.2, -0.15) is 0 Å². The van der Waals surface area contributed by atoms with Crippen LogP contribution in [0.2, 0.25) is 5.02 Å². The molecule has 0 saturated heterocycles. The summed E-state index contributed by atoms with van der Waals surface area (Å²) in [6.07, 6.45) is 0.795. The van der Waals surface area contributed by atoms with Gasteiger partial charge in [-0.05, 0) is 30.2 Å². The molecule has 0 aliphatic rings. The van der Waals surface area contributed by atoms with Gasteiger partial charge in [0.1, 0.15) is 17.9 Å². The zero-order valence-corrected chi connectivity index (χ0v) is 9.75. The van der Waals surface area contributed by atoms with E-state index in [0.29, 0.717) is 11.6 Å². The Morgan fingerprint density at radius 1 is 1.56 bits per heavy atom. The number of halogens is 1. The molecule has 0 aliphatic heterocycles. The molecule has 1 aromatic carbocycles. The number of ether oxygens (including phenoxy) is 1. The molecule has 0 fully saturated rings. The zero-order chi connectivity index (χ0) is 12.1. The molecule has 4 heteroatoms. The first kappa shape index (κ1) is 12.6. The molecule has 0 atom stereocenters. The molecule has 0 bridgehead atoms. The number of hydrogen-bond donors (Lipinski definition) is 1. The fourth-order valence-corrected chi connectivity index (χ4v) is 1.24. The van der Waals surface area contributed by atoms with E-state index >= 15 is 0 Å². The van der Waals surface area contributed by atoms with Gasteiger partial charge in [0.15, 0.2) is 0 Å². The van der Waals surface area contributed by atoms with Crippen molar-refractivity contribution in [2.24, 2.45) is 0 Å². The lowest BCUT2D eigenvalue weighted by atomic mass is 10.2. The van der Waals surface area contributed by atoms with Crippen molar-refractivity contribution in [3.63, 3.8) is 0 Å². The normalized spacial score (nSPS) is 9.88. The summed E-state index contributed by atoms with van der Waals surface area (Å²) in [6, 6.07) is 4.44. The SMILES string of the molecule is C=C(CC)COc1cc(Cl)ccc1C(=O)O. The van der Waals surface area contributed by atoms with Gasteiger partial charge in [0.2, 0.25) is 0 Å². The van der Waals surface area contributed by atoms with Crippen molar-refractivity contribution in [2.45, 2.75) is 13.3 Å². The van der Waals surface area contributed by atoms with E-state index in [1.807, 2.05) is 6.92 Å². The minimum absolute atomic E-state index is 0.105. The van der Waals surface area contributed by atoms with Gasteiger partial charge in [0, 0.05) is 5.02 Å². The maximum atomic E-state index is 10.9. The molecule has 1 rings (SSSR count). The molecule has 86 valence electrons. The van der Waals surface area contributed by atoms with Crippen LogP contribution in [0.5, 0.6) is 5.75 Å². The van der Waals surface area contributed by atoms with Gasteiger partial charge in [-0.3, -0.25) is 0 Å². The average molecular weight is 241 g/mol. The van der Waals surface area contributed by atoms with Crippen LogP contribution in [0.1, 0.15) is 23.7 Å². The van der Waals surface area contributed by atoms with Gasteiger partial charge in [-0.15, -0.1) is 0 Å². The quantitative estimate of drug-likeness (QED) is 0.803. The Kier molecular flexibility index (Phi) is 4.38. The van der Waals surface area contributed by atoms with Crippen molar-refractivity contribution in [3.8, 4) is 5.75 Å². The van der Waals surface area contributed by atoms with Crippen molar-refractivity contribution >= 4 is 17.6 Å². The molecule has 1 aromatic rings. The van der Waals surface area contributed by atoms with Crippen LogP contribution in [0.3, 0.4) is 0 Å². The Morgan fingerprint density at radius 3 is 2.81 bits per heavy atom. The summed E-state index contributed by atoms with van der Waals surface area (Å²) in [5.74, 6) is -0.761. The Morgan fingerprint density at radius 2 is 2.25 bits per heavy atom. The molecule has 0 unspecified atom stereocenters. The smallest absolute Gasteiger partial charge is 0.339 e. The minimum atomic E-state index is -1.03. The van der Waals surface area contributed by atoms with E-state index in [1.54, 1.807) is 0 Å². The lowest BCUT2D eigenvalue weighted by Crippen LogP contribution is -2.05. The molecule has 0 aliphatic carbocycles. The Labute approximate surface area is 99.3 Å². The first-order valence-corrected chi connectivity index (χ1v) is 5.24. The fraction of sp³-hybridized carbons (Fsp3) is 0.250. The van der Waals surface area contributed by atoms with Crippen LogP contribution < -0.4 is 4.74 Å². The third kappa shape index (κ3) is 3.28. The number of carboxylic acid groups (broad SMARTS) is 1. The van der Waals surface area contributed by atoms with E-state index < -0.39 is 5.97 Å². The highest BCUT2D eigenvalue weighted by Crippen LogP contribution is 2.24. The Balaban J connectivity index is 2.88. The molecular weight excluding hydrogens is 228 g/mol. The summed E-state index contributed by atoms with van der Waals surface area (Å²) in [4.78, 5) is 10.9. The van der Waals surface area contributed by atoms with Crippen molar-refractivity contribution < 1.29 is 14.6 Å². The van der Waals surface area contributed by atoms with Gasteiger partial charge >= 0.3 is 5.97 Å². The molecule has 0 saturated carbocycles. The fourth-order valence-electron chi connectivity index (χ4n) is 1.07.